The molecule has 1 amide bonds. The molecule has 0 heterocycles. The topological polar surface area (TPSA) is 86.6 Å². The van der Waals surface area contributed by atoms with Crippen molar-refractivity contribution in [3.8, 4) is 0 Å². The van der Waals surface area contributed by atoms with Crippen molar-refractivity contribution in [3.05, 3.63) is 0 Å². The normalized spacial score (nSPS) is 20.1. The van der Waals surface area contributed by atoms with Crippen molar-refractivity contribution in [2.75, 3.05) is 6.61 Å². The van der Waals surface area contributed by atoms with E-state index < -0.39 is 5.97 Å². The van der Waals surface area contributed by atoms with Gasteiger partial charge < -0.3 is 15.5 Å². The quantitative estimate of drug-likeness (QED) is 0.669. The van der Waals surface area contributed by atoms with Crippen molar-refractivity contribution < 1.29 is 19.8 Å². The predicted molar refractivity (Wildman–Crippen MR) is 67.1 cm³/mol. The van der Waals surface area contributed by atoms with Crippen molar-refractivity contribution in [2.45, 2.75) is 57.9 Å². The van der Waals surface area contributed by atoms with Gasteiger partial charge in [0, 0.05) is 12.5 Å². The van der Waals surface area contributed by atoms with Gasteiger partial charge in [-0.3, -0.25) is 9.59 Å². The van der Waals surface area contributed by atoms with Gasteiger partial charge >= 0.3 is 5.97 Å². The summed E-state index contributed by atoms with van der Waals surface area (Å²) in [6.07, 6.45) is 5.04. The Labute approximate surface area is 108 Å². The molecule has 1 unspecified atom stereocenters. The van der Waals surface area contributed by atoms with Gasteiger partial charge in [-0.1, -0.05) is 19.3 Å². The van der Waals surface area contributed by atoms with Crippen molar-refractivity contribution in [1.82, 2.24) is 5.32 Å². The van der Waals surface area contributed by atoms with Crippen LogP contribution in [0.1, 0.15) is 51.9 Å². The summed E-state index contributed by atoms with van der Waals surface area (Å²) in [6.45, 7) is 1.63. The molecule has 0 aromatic carbocycles. The summed E-state index contributed by atoms with van der Waals surface area (Å²) >= 11 is 0. The Hall–Kier alpha value is -1.10. The zero-order valence-corrected chi connectivity index (χ0v) is 10.9. The SMILES string of the molecule is CC(CO)NC(=O)CC1(CC(=O)O)CCCCC1. The van der Waals surface area contributed by atoms with Crippen LogP contribution in [0.15, 0.2) is 0 Å². The number of carbonyl (C=O) groups excluding carboxylic acids is 1. The van der Waals surface area contributed by atoms with E-state index in [0.717, 1.165) is 32.1 Å². The summed E-state index contributed by atoms with van der Waals surface area (Å²) in [5, 5.41) is 20.6. The summed E-state index contributed by atoms with van der Waals surface area (Å²) in [5.74, 6) is -0.986. The number of carbonyl (C=O) groups is 2. The molecule has 1 rings (SSSR count). The highest BCUT2D eigenvalue weighted by molar-refractivity contribution is 5.78. The van der Waals surface area contributed by atoms with E-state index in [1.807, 2.05) is 0 Å². The van der Waals surface area contributed by atoms with Crippen LogP contribution in [0.4, 0.5) is 0 Å². The standard InChI is InChI=1S/C13H23NO4/c1-10(9-15)14-11(16)7-13(8-12(17)18)5-3-2-4-6-13/h10,15H,2-9H2,1H3,(H,14,16)(H,17,18). The third kappa shape index (κ3) is 4.64. The van der Waals surface area contributed by atoms with Gasteiger partial charge in [0.15, 0.2) is 0 Å². The number of rotatable bonds is 6. The number of aliphatic hydroxyl groups is 1. The second kappa shape index (κ2) is 6.73. The molecule has 1 aliphatic rings. The van der Waals surface area contributed by atoms with Crippen LogP contribution in [0.2, 0.25) is 0 Å². The molecule has 1 saturated carbocycles. The number of nitrogens with one attached hydrogen (secondary N) is 1. The van der Waals surface area contributed by atoms with E-state index in [4.69, 9.17) is 10.2 Å². The van der Waals surface area contributed by atoms with Gasteiger partial charge in [0.05, 0.1) is 13.0 Å². The first-order valence-corrected chi connectivity index (χ1v) is 6.59. The molecular formula is C13H23NO4. The first kappa shape index (κ1) is 15.0. The number of aliphatic carboxylic acids is 1. The van der Waals surface area contributed by atoms with E-state index >= 15 is 0 Å². The lowest BCUT2D eigenvalue weighted by Crippen LogP contribution is -2.40. The number of hydrogen-bond donors (Lipinski definition) is 3. The Bertz CT molecular complexity index is 297. The first-order chi connectivity index (χ1) is 8.47. The summed E-state index contributed by atoms with van der Waals surface area (Å²) in [4.78, 5) is 22.8. The molecule has 0 radical (unpaired) electrons. The largest absolute Gasteiger partial charge is 0.481 e. The fourth-order valence-corrected chi connectivity index (χ4v) is 2.75. The van der Waals surface area contributed by atoms with Crippen LogP contribution in [0.5, 0.6) is 0 Å². The zero-order valence-electron chi connectivity index (χ0n) is 10.9. The van der Waals surface area contributed by atoms with Crippen molar-refractivity contribution >= 4 is 11.9 Å². The van der Waals surface area contributed by atoms with Gasteiger partial charge in [-0.25, -0.2) is 0 Å². The number of hydrogen-bond acceptors (Lipinski definition) is 3. The fourth-order valence-electron chi connectivity index (χ4n) is 2.75. The smallest absolute Gasteiger partial charge is 0.303 e. The van der Waals surface area contributed by atoms with E-state index in [0.29, 0.717) is 0 Å². The van der Waals surface area contributed by atoms with E-state index in [1.165, 1.54) is 0 Å². The van der Waals surface area contributed by atoms with Crippen molar-refractivity contribution in [3.63, 3.8) is 0 Å². The number of aliphatic hydroxyl groups excluding tert-OH is 1. The van der Waals surface area contributed by atoms with Gasteiger partial charge in [-0.15, -0.1) is 0 Å². The lowest BCUT2D eigenvalue weighted by atomic mass is 9.69. The monoisotopic (exact) mass is 257 g/mol. The van der Waals surface area contributed by atoms with Gasteiger partial charge in [-0.05, 0) is 25.2 Å². The molecule has 0 spiro atoms. The molecule has 1 fully saturated rings. The highest BCUT2D eigenvalue weighted by Crippen LogP contribution is 2.42. The lowest BCUT2D eigenvalue weighted by molar-refractivity contribution is -0.141. The number of carboxylic acids is 1. The van der Waals surface area contributed by atoms with Crippen LogP contribution >= 0.6 is 0 Å². The molecule has 0 saturated heterocycles. The van der Waals surface area contributed by atoms with E-state index in [-0.39, 0.29) is 36.8 Å². The third-order valence-electron chi connectivity index (χ3n) is 3.66. The Kier molecular flexibility index (Phi) is 5.59. The van der Waals surface area contributed by atoms with Gasteiger partial charge in [0.1, 0.15) is 0 Å². The third-order valence-corrected chi connectivity index (χ3v) is 3.66. The maximum atomic E-state index is 11.9. The first-order valence-electron chi connectivity index (χ1n) is 6.59. The molecule has 5 heteroatoms. The lowest BCUT2D eigenvalue weighted by Gasteiger charge is -2.35. The maximum absolute atomic E-state index is 11.9. The average molecular weight is 257 g/mol. The second-order valence-corrected chi connectivity index (χ2v) is 5.46. The van der Waals surface area contributed by atoms with Gasteiger partial charge in [-0.2, -0.15) is 0 Å². The number of carboxylic acid groups (broad SMARTS) is 1. The predicted octanol–water partition coefficient (Wildman–Crippen LogP) is 1.30. The van der Waals surface area contributed by atoms with Crippen LogP contribution < -0.4 is 5.32 Å². The summed E-state index contributed by atoms with van der Waals surface area (Å²) < 4.78 is 0. The Morgan fingerprint density at radius 3 is 2.33 bits per heavy atom. The van der Waals surface area contributed by atoms with Crippen molar-refractivity contribution in [2.24, 2.45) is 5.41 Å². The Balaban J connectivity index is 2.60. The van der Waals surface area contributed by atoms with Crippen LogP contribution in [-0.4, -0.2) is 34.7 Å². The van der Waals surface area contributed by atoms with E-state index in [2.05, 4.69) is 5.32 Å². The number of amides is 1. The minimum atomic E-state index is -0.833. The summed E-state index contributed by atoms with van der Waals surface area (Å²) in [5.41, 5.74) is -0.386. The molecular weight excluding hydrogens is 234 g/mol. The fraction of sp³-hybridized carbons (Fsp3) is 0.846. The molecule has 104 valence electrons. The molecule has 0 aliphatic heterocycles. The van der Waals surface area contributed by atoms with Crippen LogP contribution in [-0.2, 0) is 9.59 Å². The highest BCUT2D eigenvalue weighted by Gasteiger charge is 2.36. The molecule has 5 nitrogen and oxygen atoms in total. The Morgan fingerprint density at radius 1 is 1.22 bits per heavy atom. The van der Waals surface area contributed by atoms with Crippen LogP contribution in [0, 0.1) is 5.41 Å². The maximum Gasteiger partial charge on any atom is 0.303 e. The molecule has 1 aliphatic carbocycles. The zero-order chi connectivity index (χ0) is 13.6. The van der Waals surface area contributed by atoms with E-state index in [1.54, 1.807) is 6.92 Å². The molecule has 3 N–H and O–H groups in total. The molecule has 18 heavy (non-hydrogen) atoms. The molecule has 1 atom stereocenters. The molecule has 0 bridgehead atoms. The van der Waals surface area contributed by atoms with Gasteiger partial charge in [0.25, 0.3) is 0 Å². The van der Waals surface area contributed by atoms with Gasteiger partial charge in [0.2, 0.25) is 5.91 Å². The van der Waals surface area contributed by atoms with Crippen LogP contribution in [0.3, 0.4) is 0 Å². The highest BCUT2D eigenvalue weighted by atomic mass is 16.4. The minimum absolute atomic E-state index is 0.0634. The minimum Gasteiger partial charge on any atom is -0.481 e. The summed E-state index contributed by atoms with van der Waals surface area (Å²) in [6, 6.07) is -0.275. The Morgan fingerprint density at radius 2 is 1.83 bits per heavy atom. The van der Waals surface area contributed by atoms with E-state index in [9.17, 15) is 9.59 Å². The molecule has 0 aromatic rings. The molecule has 0 aromatic heterocycles. The van der Waals surface area contributed by atoms with Crippen molar-refractivity contribution in [1.29, 1.82) is 0 Å². The summed E-state index contributed by atoms with van der Waals surface area (Å²) in [7, 11) is 0. The average Bonchev–Trinajstić information content (AvgIpc) is 2.28. The second-order valence-electron chi connectivity index (χ2n) is 5.46. The van der Waals surface area contributed by atoms with Crippen LogP contribution in [0.25, 0.3) is 0 Å².